The normalized spacial score (nSPS) is 11.1. The molecule has 1 heterocycles. The molecule has 0 aliphatic carbocycles. The zero-order valence-corrected chi connectivity index (χ0v) is 18.7. The van der Waals surface area contributed by atoms with Gasteiger partial charge in [-0.3, -0.25) is 4.79 Å². The summed E-state index contributed by atoms with van der Waals surface area (Å²) in [5.74, 6) is 0.814. The van der Waals surface area contributed by atoms with E-state index in [1.807, 2.05) is 0 Å². The summed E-state index contributed by atoms with van der Waals surface area (Å²) >= 11 is 12.4. The molecule has 1 aromatic heterocycles. The minimum absolute atomic E-state index is 0.272. The molecule has 2 aromatic carbocycles. The maximum atomic E-state index is 12.8. The Morgan fingerprint density at radius 2 is 1.87 bits per heavy atom. The minimum Gasteiger partial charge on any atom is -0.493 e. The molecule has 2 N–H and O–H groups in total. The summed E-state index contributed by atoms with van der Waals surface area (Å²) in [6.45, 7) is 7.48. The van der Waals surface area contributed by atoms with Crippen molar-refractivity contribution in [3.8, 4) is 11.5 Å². The maximum Gasteiger partial charge on any atom is 0.273 e. The summed E-state index contributed by atoms with van der Waals surface area (Å²) in [7, 11) is 1.58. The molecular weight excluding hydrogens is 425 g/mol. The molecule has 8 heteroatoms. The topological polar surface area (TPSA) is 66.6 Å². The summed E-state index contributed by atoms with van der Waals surface area (Å²) in [6, 6.07) is 10.5. The van der Waals surface area contributed by atoms with E-state index in [0.717, 1.165) is 25.2 Å². The number of amides is 1. The molecule has 0 aliphatic heterocycles. The monoisotopic (exact) mass is 449 g/mol. The van der Waals surface area contributed by atoms with Crippen LogP contribution in [0.1, 0.15) is 24.3 Å². The van der Waals surface area contributed by atoms with Crippen LogP contribution >= 0.6 is 23.2 Å². The Bertz CT molecular complexity index is 1030. The van der Waals surface area contributed by atoms with E-state index in [9.17, 15) is 4.79 Å². The third-order valence-corrected chi connectivity index (χ3v) is 5.53. The van der Waals surface area contributed by atoms with Gasteiger partial charge in [-0.25, -0.2) is 0 Å². The Morgan fingerprint density at radius 1 is 1.10 bits per heavy atom. The van der Waals surface area contributed by atoms with Crippen LogP contribution in [0.15, 0.2) is 36.4 Å². The van der Waals surface area contributed by atoms with Crippen LogP contribution in [0.3, 0.4) is 0 Å². The van der Waals surface area contributed by atoms with Gasteiger partial charge in [0.05, 0.1) is 12.1 Å². The van der Waals surface area contributed by atoms with Crippen molar-refractivity contribution >= 4 is 45.7 Å². The van der Waals surface area contributed by atoms with Gasteiger partial charge in [-0.1, -0.05) is 37.0 Å². The van der Waals surface area contributed by atoms with Crippen molar-refractivity contribution in [1.82, 2.24) is 9.88 Å². The zero-order chi connectivity index (χ0) is 21.7. The van der Waals surface area contributed by atoms with E-state index in [2.05, 4.69) is 29.0 Å². The lowest BCUT2D eigenvalue weighted by molar-refractivity contribution is 0.102. The molecule has 0 unspecified atom stereocenters. The fraction of sp³-hybridized carbons (Fsp3) is 0.318. The van der Waals surface area contributed by atoms with Gasteiger partial charge in [0.1, 0.15) is 12.3 Å². The number of carbonyl (C=O) groups is 1. The first kappa shape index (κ1) is 22.3. The van der Waals surface area contributed by atoms with E-state index in [4.69, 9.17) is 32.7 Å². The molecule has 30 heavy (non-hydrogen) atoms. The van der Waals surface area contributed by atoms with Gasteiger partial charge in [-0.05, 0) is 43.4 Å². The largest absolute Gasteiger partial charge is 0.493 e. The van der Waals surface area contributed by atoms with Gasteiger partial charge >= 0.3 is 0 Å². The Labute approximate surface area is 186 Å². The van der Waals surface area contributed by atoms with E-state index in [1.165, 1.54) is 0 Å². The minimum atomic E-state index is -0.355. The van der Waals surface area contributed by atoms with Crippen molar-refractivity contribution in [2.24, 2.45) is 0 Å². The molecule has 0 fully saturated rings. The van der Waals surface area contributed by atoms with Crippen LogP contribution in [-0.4, -0.2) is 49.1 Å². The number of ether oxygens (including phenoxy) is 2. The van der Waals surface area contributed by atoms with Crippen LogP contribution in [0.4, 0.5) is 5.69 Å². The predicted octanol–water partition coefficient (Wildman–Crippen LogP) is 5.46. The van der Waals surface area contributed by atoms with Crippen LogP contribution in [0, 0.1) is 0 Å². The number of anilines is 1. The number of nitrogens with one attached hydrogen (secondary N) is 2. The van der Waals surface area contributed by atoms with Crippen molar-refractivity contribution in [2.75, 3.05) is 38.7 Å². The molecule has 3 rings (SSSR count). The number of hydrogen-bond donors (Lipinski definition) is 2. The number of methoxy groups -OCH3 is 1. The quantitative estimate of drug-likeness (QED) is 0.455. The lowest BCUT2D eigenvalue weighted by atomic mass is 10.2. The molecule has 0 radical (unpaired) electrons. The lowest BCUT2D eigenvalue weighted by Crippen LogP contribution is -2.28. The first-order valence-electron chi connectivity index (χ1n) is 9.78. The fourth-order valence-corrected chi connectivity index (χ4v) is 3.63. The highest BCUT2D eigenvalue weighted by atomic mass is 35.5. The first-order chi connectivity index (χ1) is 14.5. The van der Waals surface area contributed by atoms with Gasteiger partial charge in [0, 0.05) is 34.2 Å². The van der Waals surface area contributed by atoms with Gasteiger partial charge in [0.25, 0.3) is 5.91 Å². The lowest BCUT2D eigenvalue weighted by Gasteiger charge is -2.19. The number of benzene rings is 2. The van der Waals surface area contributed by atoms with Crippen LogP contribution < -0.4 is 14.8 Å². The highest BCUT2D eigenvalue weighted by Crippen LogP contribution is 2.32. The highest BCUT2D eigenvalue weighted by molar-refractivity contribution is 6.40. The number of hydrogen-bond acceptors (Lipinski definition) is 4. The predicted molar refractivity (Wildman–Crippen MR) is 123 cm³/mol. The standard InChI is InChI=1S/C22H25Cl2N3O3/c1-4-27(5-2)10-11-30-19-13-15(7-9-18(19)29-3)25-22(28)21-20(24)16-12-14(23)6-8-17(16)26-21/h6-9,12-13,26H,4-5,10-11H2,1-3H3,(H,25,28). The van der Waals surface area contributed by atoms with E-state index in [1.54, 1.807) is 43.5 Å². The molecule has 6 nitrogen and oxygen atoms in total. The molecule has 0 saturated heterocycles. The number of aromatic nitrogens is 1. The van der Waals surface area contributed by atoms with Crippen molar-refractivity contribution < 1.29 is 14.3 Å². The fourth-order valence-electron chi connectivity index (χ4n) is 3.17. The highest BCUT2D eigenvalue weighted by Gasteiger charge is 2.18. The molecular formula is C22H25Cl2N3O3. The first-order valence-corrected chi connectivity index (χ1v) is 10.5. The summed E-state index contributed by atoms with van der Waals surface area (Å²) in [6.07, 6.45) is 0. The van der Waals surface area contributed by atoms with Gasteiger partial charge < -0.3 is 24.7 Å². The van der Waals surface area contributed by atoms with Crippen molar-refractivity contribution in [2.45, 2.75) is 13.8 Å². The number of rotatable bonds is 9. The molecule has 0 atom stereocenters. The van der Waals surface area contributed by atoms with E-state index in [0.29, 0.717) is 39.2 Å². The molecule has 0 saturated carbocycles. The van der Waals surface area contributed by atoms with Gasteiger partial charge in [0.2, 0.25) is 0 Å². The summed E-state index contributed by atoms with van der Waals surface area (Å²) in [5.41, 5.74) is 1.59. The van der Waals surface area contributed by atoms with Gasteiger partial charge in [-0.2, -0.15) is 0 Å². The smallest absolute Gasteiger partial charge is 0.273 e. The second-order valence-corrected chi connectivity index (χ2v) is 7.51. The molecule has 0 bridgehead atoms. The SMILES string of the molecule is CCN(CC)CCOc1cc(NC(=O)c2[nH]c3ccc(Cl)cc3c2Cl)ccc1OC. The third kappa shape index (κ3) is 5.01. The molecule has 0 aliphatic rings. The van der Waals surface area contributed by atoms with Crippen LogP contribution in [-0.2, 0) is 0 Å². The second-order valence-electron chi connectivity index (χ2n) is 6.70. The van der Waals surface area contributed by atoms with E-state index < -0.39 is 0 Å². The Hall–Kier alpha value is -2.41. The summed E-state index contributed by atoms with van der Waals surface area (Å²) in [4.78, 5) is 18.1. The average molecular weight is 450 g/mol. The number of fused-ring (bicyclic) bond motifs is 1. The van der Waals surface area contributed by atoms with Crippen molar-refractivity contribution in [3.63, 3.8) is 0 Å². The molecule has 3 aromatic rings. The number of aromatic amines is 1. The molecule has 160 valence electrons. The van der Waals surface area contributed by atoms with Crippen LogP contribution in [0.2, 0.25) is 10.0 Å². The average Bonchev–Trinajstić information content (AvgIpc) is 3.07. The number of halogens is 2. The van der Waals surface area contributed by atoms with E-state index in [-0.39, 0.29) is 11.6 Å². The number of nitrogens with zero attached hydrogens (tertiary/aromatic N) is 1. The second kappa shape index (κ2) is 10.1. The Kier molecular flexibility index (Phi) is 7.48. The number of carbonyl (C=O) groups excluding carboxylic acids is 1. The molecule has 1 amide bonds. The van der Waals surface area contributed by atoms with Crippen molar-refractivity contribution in [1.29, 1.82) is 0 Å². The summed E-state index contributed by atoms with van der Waals surface area (Å²) in [5, 5.41) is 4.43. The summed E-state index contributed by atoms with van der Waals surface area (Å²) < 4.78 is 11.3. The molecule has 0 spiro atoms. The van der Waals surface area contributed by atoms with Gasteiger partial charge in [-0.15, -0.1) is 0 Å². The van der Waals surface area contributed by atoms with Crippen molar-refractivity contribution in [3.05, 3.63) is 52.1 Å². The number of likely N-dealkylation sites (N-methyl/N-ethyl adjacent to an activating group) is 1. The Balaban J connectivity index is 1.76. The Morgan fingerprint density at radius 3 is 2.57 bits per heavy atom. The number of H-pyrrole nitrogens is 1. The van der Waals surface area contributed by atoms with E-state index >= 15 is 0 Å². The third-order valence-electron chi connectivity index (χ3n) is 4.91. The van der Waals surface area contributed by atoms with Gasteiger partial charge in [0.15, 0.2) is 11.5 Å². The maximum absolute atomic E-state index is 12.8. The zero-order valence-electron chi connectivity index (χ0n) is 17.2. The van der Waals surface area contributed by atoms with Crippen LogP contribution in [0.25, 0.3) is 10.9 Å². The van der Waals surface area contributed by atoms with Crippen LogP contribution in [0.5, 0.6) is 11.5 Å².